The molecule has 0 amide bonds. The van der Waals surface area contributed by atoms with Crippen molar-refractivity contribution >= 4 is 50.7 Å². The van der Waals surface area contributed by atoms with E-state index in [1.54, 1.807) is 6.07 Å². The first kappa shape index (κ1) is 15.1. The van der Waals surface area contributed by atoms with Gasteiger partial charge in [-0.3, -0.25) is 0 Å². The van der Waals surface area contributed by atoms with Crippen LogP contribution >= 0.6 is 50.7 Å². The van der Waals surface area contributed by atoms with Crippen LogP contribution in [0.2, 0.25) is 15.1 Å². The van der Waals surface area contributed by atoms with E-state index in [9.17, 15) is 0 Å². The third-order valence-electron chi connectivity index (χ3n) is 2.75. The van der Waals surface area contributed by atoms with Gasteiger partial charge in [-0.25, -0.2) is 0 Å². The van der Waals surface area contributed by atoms with Gasteiger partial charge in [0.25, 0.3) is 0 Å². The average molecular weight is 380 g/mol. The van der Waals surface area contributed by atoms with Crippen LogP contribution in [0.3, 0.4) is 0 Å². The van der Waals surface area contributed by atoms with Crippen LogP contribution in [0.15, 0.2) is 40.9 Å². The fourth-order valence-electron chi connectivity index (χ4n) is 1.83. The van der Waals surface area contributed by atoms with E-state index in [0.29, 0.717) is 21.5 Å². The van der Waals surface area contributed by atoms with Gasteiger partial charge in [0.2, 0.25) is 0 Å². The summed E-state index contributed by atoms with van der Waals surface area (Å²) in [5.74, 6) is 0. The highest BCUT2D eigenvalue weighted by molar-refractivity contribution is 9.10. The summed E-state index contributed by atoms with van der Waals surface area (Å²) in [7, 11) is 0. The molecular formula is C14H11BrCl3N. The second-order valence-electron chi connectivity index (χ2n) is 4.26. The van der Waals surface area contributed by atoms with Crippen LogP contribution in [-0.2, 0) is 6.42 Å². The van der Waals surface area contributed by atoms with Gasteiger partial charge in [0.1, 0.15) is 0 Å². The topological polar surface area (TPSA) is 26.0 Å². The lowest BCUT2D eigenvalue weighted by Gasteiger charge is -2.13. The van der Waals surface area contributed by atoms with Crippen molar-refractivity contribution in [3.63, 3.8) is 0 Å². The maximum absolute atomic E-state index is 6.20. The molecule has 2 N–H and O–H groups in total. The number of hydrogen-bond donors (Lipinski definition) is 1. The largest absolute Gasteiger partial charge is 0.324 e. The van der Waals surface area contributed by atoms with E-state index in [1.807, 2.05) is 30.3 Å². The van der Waals surface area contributed by atoms with Gasteiger partial charge in [0.05, 0.1) is 10.0 Å². The van der Waals surface area contributed by atoms with E-state index < -0.39 is 0 Å². The lowest BCUT2D eigenvalue weighted by molar-refractivity contribution is 0.721. The van der Waals surface area contributed by atoms with Gasteiger partial charge in [0.15, 0.2) is 0 Å². The standard InChI is InChI=1S/C14H11BrCl3N/c15-10-5-9(6-11(16)7-10)14(19)4-8-1-2-12(17)13(18)3-8/h1-3,5-7,14H,4,19H2. The molecule has 19 heavy (non-hydrogen) atoms. The van der Waals surface area contributed by atoms with Crippen LogP contribution in [0.5, 0.6) is 0 Å². The monoisotopic (exact) mass is 377 g/mol. The summed E-state index contributed by atoms with van der Waals surface area (Å²) in [4.78, 5) is 0. The average Bonchev–Trinajstić information content (AvgIpc) is 2.32. The highest BCUT2D eigenvalue weighted by atomic mass is 79.9. The molecule has 0 saturated carbocycles. The van der Waals surface area contributed by atoms with Crippen LogP contribution in [-0.4, -0.2) is 0 Å². The maximum atomic E-state index is 6.20. The first-order valence-corrected chi connectivity index (χ1v) is 7.54. The molecular weight excluding hydrogens is 368 g/mol. The molecule has 1 unspecified atom stereocenters. The molecule has 0 aliphatic heterocycles. The minimum absolute atomic E-state index is 0.146. The Morgan fingerprint density at radius 3 is 2.37 bits per heavy atom. The normalized spacial score (nSPS) is 12.5. The zero-order valence-corrected chi connectivity index (χ0v) is 13.7. The van der Waals surface area contributed by atoms with Gasteiger partial charge < -0.3 is 5.73 Å². The zero-order chi connectivity index (χ0) is 14.0. The molecule has 0 aromatic heterocycles. The van der Waals surface area contributed by atoms with Crippen molar-refractivity contribution in [2.75, 3.05) is 0 Å². The number of nitrogens with two attached hydrogens (primary N) is 1. The molecule has 0 radical (unpaired) electrons. The Kier molecular flexibility index (Phi) is 5.15. The Balaban J connectivity index is 2.20. The highest BCUT2D eigenvalue weighted by Crippen LogP contribution is 2.27. The second-order valence-corrected chi connectivity index (χ2v) is 6.43. The molecule has 0 aliphatic rings. The van der Waals surface area contributed by atoms with Crippen LogP contribution in [0, 0.1) is 0 Å². The van der Waals surface area contributed by atoms with Gasteiger partial charge in [-0.15, -0.1) is 0 Å². The van der Waals surface area contributed by atoms with E-state index in [2.05, 4.69) is 15.9 Å². The molecule has 2 aromatic rings. The van der Waals surface area contributed by atoms with Crippen molar-refractivity contribution < 1.29 is 0 Å². The SMILES string of the molecule is NC(Cc1ccc(Cl)c(Cl)c1)c1cc(Cl)cc(Br)c1. The van der Waals surface area contributed by atoms with E-state index >= 15 is 0 Å². The summed E-state index contributed by atoms with van der Waals surface area (Å²) in [5, 5.41) is 1.75. The van der Waals surface area contributed by atoms with Crippen LogP contribution < -0.4 is 5.73 Å². The predicted molar refractivity (Wildman–Crippen MR) is 86.2 cm³/mol. The van der Waals surface area contributed by atoms with Crippen LogP contribution in [0.25, 0.3) is 0 Å². The molecule has 1 nitrogen and oxygen atoms in total. The summed E-state index contributed by atoms with van der Waals surface area (Å²) >= 11 is 21.3. The minimum Gasteiger partial charge on any atom is -0.324 e. The van der Waals surface area contributed by atoms with E-state index in [0.717, 1.165) is 15.6 Å². The Labute approximate surface area is 135 Å². The van der Waals surface area contributed by atoms with Gasteiger partial charge >= 0.3 is 0 Å². The lowest BCUT2D eigenvalue weighted by Crippen LogP contribution is -2.13. The molecule has 2 aromatic carbocycles. The summed E-state index contributed by atoms with van der Waals surface area (Å²) in [6, 6.07) is 11.1. The molecule has 100 valence electrons. The third-order valence-corrected chi connectivity index (χ3v) is 4.17. The number of rotatable bonds is 3. The molecule has 1 atom stereocenters. The Hall–Kier alpha value is -0.250. The smallest absolute Gasteiger partial charge is 0.0595 e. The molecule has 0 spiro atoms. The fourth-order valence-corrected chi connectivity index (χ4v) is 3.03. The van der Waals surface area contributed by atoms with Crippen molar-refractivity contribution in [2.24, 2.45) is 5.73 Å². The number of halogens is 4. The Morgan fingerprint density at radius 1 is 1.00 bits per heavy atom. The van der Waals surface area contributed by atoms with Crippen molar-refractivity contribution in [3.8, 4) is 0 Å². The van der Waals surface area contributed by atoms with E-state index in [1.165, 1.54) is 0 Å². The third kappa shape index (κ3) is 4.11. The minimum atomic E-state index is -0.146. The van der Waals surface area contributed by atoms with Gasteiger partial charge in [-0.1, -0.05) is 56.8 Å². The van der Waals surface area contributed by atoms with E-state index in [4.69, 9.17) is 40.5 Å². The second kappa shape index (κ2) is 6.47. The fraction of sp³-hybridized carbons (Fsp3) is 0.143. The molecule has 0 saturated heterocycles. The van der Waals surface area contributed by atoms with Crippen molar-refractivity contribution in [1.29, 1.82) is 0 Å². The summed E-state index contributed by atoms with van der Waals surface area (Å²) in [6.45, 7) is 0. The Bertz CT molecular complexity index is 581. The quantitative estimate of drug-likeness (QED) is 0.732. The molecule has 0 bridgehead atoms. The lowest BCUT2D eigenvalue weighted by atomic mass is 10.00. The van der Waals surface area contributed by atoms with E-state index in [-0.39, 0.29) is 6.04 Å². The summed E-state index contributed by atoms with van der Waals surface area (Å²) in [6.07, 6.45) is 0.670. The number of benzene rings is 2. The van der Waals surface area contributed by atoms with Crippen LogP contribution in [0.1, 0.15) is 17.2 Å². The van der Waals surface area contributed by atoms with Crippen molar-refractivity contribution in [2.45, 2.75) is 12.5 Å². The van der Waals surface area contributed by atoms with Crippen LogP contribution in [0.4, 0.5) is 0 Å². The van der Waals surface area contributed by atoms with Gasteiger partial charge in [-0.2, -0.15) is 0 Å². The summed E-state index contributed by atoms with van der Waals surface area (Å²) < 4.78 is 0.916. The molecule has 0 fully saturated rings. The molecule has 0 heterocycles. The Morgan fingerprint density at radius 2 is 1.74 bits per heavy atom. The van der Waals surface area contributed by atoms with Gasteiger partial charge in [0, 0.05) is 15.5 Å². The maximum Gasteiger partial charge on any atom is 0.0595 e. The molecule has 0 aliphatic carbocycles. The first-order chi connectivity index (χ1) is 8.95. The first-order valence-electron chi connectivity index (χ1n) is 5.61. The van der Waals surface area contributed by atoms with Gasteiger partial charge in [-0.05, 0) is 47.9 Å². The molecule has 5 heteroatoms. The molecule has 2 rings (SSSR count). The predicted octanol–water partition coefficient (Wildman–Crippen LogP) is 5.65. The summed E-state index contributed by atoms with van der Waals surface area (Å²) in [5.41, 5.74) is 8.21. The van der Waals surface area contributed by atoms with Crippen molar-refractivity contribution in [3.05, 3.63) is 67.1 Å². The number of hydrogen-bond acceptors (Lipinski definition) is 1. The highest BCUT2D eigenvalue weighted by Gasteiger charge is 2.10. The zero-order valence-electron chi connectivity index (χ0n) is 9.84. The van der Waals surface area contributed by atoms with Crippen molar-refractivity contribution in [1.82, 2.24) is 0 Å².